The van der Waals surface area contributed by atoms with E-state index in [0.717, 1.165) is 17.7 Å². The van der Waals surface area contributed by atoms with Gasteiger partial charge in [0.05, 0.1) is 18.3 Å². The van der Waals surface area contributed by atoms with Gasteiger partial charge in [-0.3, -0.25) is 9.89 Å². The maximum Gasteiger partial charge on any atom is 0.229 e. The van der Waals surface area contributed by atoms with E-state index < -0.39 is 0 Å². The molecule has 2 aromatic heterocycles. The Morgan fingerprint density at radius 3 is 3.00 bits per heavy atom. The van der Waals surface area contributed by atoms with E-state index in [1.807, 2.05) is 0 Å². The van der Waals surface area contributed by atoms with Gasteiger partial charge in [0, 0.05) is 36.3 Å². The molecule has 1 N–H and O–H groups in total. The number of benzene rings is 1. The van der Waals surface area contributed by atoms with E-state index in [1.54, 1.807) is 23.2 Å². The fourth-order valence-corrected chi connectivity index (χ4v) is 2.81. The number of oxazole rings is 1. The molecule has 0 atom stereocenters. The maximum atomic E-state index is 13.0. The molecular formula is C17H15FN4O2. The zero-order valence-electron chi connectivity index (χ0n) is 12.8. The summed E-state index contributed by atoms with van der Waals surface area (Å²) in [5, 5.41) is 6.96. The van der Waals surface area contributed by atoms with Crippen molar-refractivity contribution in [2.24, 2.45) is 0 Å². The van der Waals surface area contributed by atoms with Gasteiger partial charge in [-0.05, 0) is 24.3 Å². The molecular weight excluding hydrogens is 311 g/mol. The quantitative estimate of drug-likeness (QED) is 0.801. The van der Waals surface area contributed by atoms with Gasteiger partial charge < -0.3 is 9.32 Å². The van der Waals surface area contributed by atoms with E-state index >= 15 is 0 Å². The third-order valence-corrected chi connectivity index (χ3v) is 4.13. The van der Waals surface area contributed by atoms with Crippen LogP contribution in [-0.2, 0) is 24.2 Å². The first-order valence-electron chi connectivity index (χ1n) is 7.68. The fraction of sp³-hybridized carbons (Fsp3) is 0.235. The molecule has 24 heavy (non-hydrogen) atoms. The Hall–Kier alpha value is -2.96. The number of aromatic nitrogens is 3. The molecule has 3 aromatic rings. The van der Waals surface area contributed by atoms with Crippen LogP contribution < -0.4 is 0 Å². The number of hydrogen-bond donors (Lipinski definition) is 1. The summed E-state index contributed by atoms with van der Waals surface area (Å²) in [7, 11) is 0. The van der Waals surface area contributed by atoms with Gasteiger partial charge in [-0.15, -0.1) is 0 Å². The lowest BCUT2D eigenvalue weighted by Crippen LogP contribution is -2.36. The van der Waals surface area contributed by atoms with E-state index in [1.165, 1.54) is 18.4 Å². The molecule has 0 aliphatic carbocycles. The van der Waals surface area contributed by atoms with Crippen molar-refractivity contribution in [3.8, 4) is 11.5 Å². The fourth-order valence-electron chi connectivity index (χ4n) is 2.81. The molecule has 0 radical (unpaired) electrons. The average molecular weight is 326 g/mol. The van der Waals surface area contributed by atoms with Crippen molar-refractivity contribution in [3.05, 3.63) is 59.5 Å². The van der Waals surface area contributed by atoms with Crippen molar-refractivity contribution in [2.75, 3.05) is 6.54 Å². The Morgan fingerprint density at radius 2 is 2.17 bits per heavy atom. The largest absolute Gasteiger partial charge is 0.444 e. The third-order valence-electron chi connectivity index (χ3n) is 4.13. The normalized spacial score (nSPS) is 13.8. The van der Waals surface area contributed by atoms with Gasteiger partial charge >= 0.3 is 0 Å². The van der Waals surface area contributed by atoms with Gasteiger partial charge in [-0.25, -0.2) is 9.37 Å². The summed E-state index contributed by atoms with van der Waals surface area (Å²) in [5.41, 5.74) is 3.40. The summed E-state index contributed by atoms with van der Waals surface area (Å²) >= 11 is 0. The SMILES string of the molecule is O=C(Cc1coc(-c2ccc(F)cc2)n1)N1CCc2[nH]ncc2C1. The van der Waals surface area contributed by atoms with E-state index in [9.17, 15) is 9.18 Å². The number of nitrogens with zero attached hydrogens (tertiary/aromatic N) is 3. The zero-order chi connectivity index (χ0) is 16.5. The van der Waals surface area contributed by atoms with Crippen LogP contribution in [0.3, 0.4) is 0 Å². The van der Waals surface area contributed by atoms with Crippen molar-refractivity contribution in [1.82, 2.24) is 20.1 Å². The maximum absolute atomic E-state index is 13.0. The van der Waals surface area contributed by atoms with Crippen molar-refractivity contribution < 1.29 is 13.6 Å². The highest BCUT2D eigenvalue weighted by Crippen LogP contribution is 2.20. The molecule has 0 saturated heterocycles. The number of rotatable bonds is 3. The van der Waals surface area contributed by atoms with Crippen LogP contribution in [-0.4, -0.2) is 32.5 Å². The molecule has 1 aliphatic rings. The van der Waals surface area contributed by atoms with E-state index in [0.29, 0.717) is 30.2 Å². The molecule has 122 valence electrons. The predicted molar refractivity (Wildman–Crippen MR) is 83.3 cm³/mol. The highest BCUT2D eigenvalue weighted by molar-refractivity contribution is 5.78. The Balaban J connectivity index is 1.44. The lowest BCUT2D eigenvalue weighted by atomic mass is 10.1. The van der Waals surface area contributed by atoms with Crippen LogP contribution in [0.1, 0.15) is 17.0 Å². The number of halogens is 1. The number of nitrogens with one attached hydrogen (secondary N) is 1. The van der Waals surface area contributed by atoms with Crippen molar-refractivity contribution in [3.63, 3.8) is 0 Å². The van der Waals surface area contributed by atoms with E-state index in [4.69, 9.17) is 4.42 Å². The lowest BCUT2D eigenvalue weighted by Gasteiger charge is -2.26. The van der Waals surface area contributed by atoms with E-state index in [-0.39, 0.29) is 18.1 Å². The van der Waals surface area contributed by atoms with Crippen LogP contribution >= 0.6 is 0 Å². The monoisotopic (exact) mass is 326 g/mol. The molecule has 0 unspecified atom stereocenters. The highest BCUT2D eigenvalue weighted by atomic mass is 19.1. The summed E-state index contributed by atoms with van der Waals surface area (Å²) < 4.78 is 18.4. The van der Waals surface area contributed by atoms with Crippen molar-refractivity contribution >= 4 is 5.91 Å². The van der Waals surface area contributed by atoms with E-state index in [2.05, 4.69) is 15.2 Å². The minimum absolute atomic E-state index is 0.000746. The molecule has 1 aromatic carbocycles. The Labute approximate surface area is 137 Å². The van der Waals surface area contributed by atoms with Crippen LogP contribution in [0.25, 0.3) is 11.5 Å². The third kappa shape index (κ3) is 2.80. The van der Waals surface area contributed by atoms with Gasteiger partial charge in [0.1, 0.15) is 12.1 Å². The Bertz CT molecular complexity index is 869. The first-order chi connectivity index (χ1) is 11.7. The van der Waals surface area contributed by atoms with Gasteiger partial charge in [0.25, 0.3) is 0 Å². The minimum atomic E-state index is -0.315. The molecule has 0 saturated carbocycles. The number of hydrogen-bond acceptors (Lipinski definition) is 4. The van der Waals surface area contributed by atoms with Crippen molar-refractivity contribution in [1.29, 1.82) is 0 Å². The van der Waals surface area contributed by atoms with Gasteiger partial charge in [-0.1, -0.05) is 0 Å². The number of H-pyrrole nitrogens is 1. The lowest BCUT2D eigenvalue weighted by molar-refractivity contribution is -0.131. The summed E-state index contributed by atoms with van der Waals surface area (Å²) in [4.78, 5) is 18.6. The average Bonchev–Trinajstić information content (AvgIpc) is 3.24. The number of carbonyl (C=O) groups is 1. The highest BCUT2D eigenvalue weighted by Gasteiger charge is 2.23. The summed E-state index contributed by atoms with van der Waals surface area (Å²) in [5.74, 6) is 0.0683. The summed E-state index contributed by atoms with van der Waals surface area (Å²) in [6.45, 7) is 1.23. The predicted octanol–water partition coefficient (Wildman–Crippen LogP) is 2.33. The molecule has 4 rings (SSSR count). The number of amides is 1. The molecule has 3 heterocycles. The van der Waals surface area contributed by atoms with Gasteiger partial charge in [0.2, 0.25) is 11.8 Å². The zero-order valence-corrected chi connectivity index (χ0v) is 12.8. The minimum Gasteiger partial charge on any atom is -0.444 e. The van der Waals surface area contributed by atoms with Crippen LogP contribution in [0.4, 0.5) is 4.39 Å². The number of aromatic amines is 1. The Kier molecular flexibility index (Phi) is 3.60. The molecule has 7 heteroatoms. The van der Waals surface area contributed by atoms with Crippen LogP contribution in [0.5, 0.6) is 0 Å². The topological polar surface area (TPSA) is 75.0 Å². The van der Waals surface area contributed by atoms with Crippen LogP contribution in [0.15, 0.2) is 41.1 Å². The smallest absolute Gasteiger partial charge is 0.229 e. The van der Waals surface area contributed by atoms with Crippen LogP contribution in [0.2, 0.25) is 0 Å². The summed E-state index contributed by atoms with van der Waals surface area (Å²) in [6.07, 6.45) is 4.19. The Morgan fingerprint density at radius 1 is 1.33 bits per heavy atom. The first kappa shape index (κ1) is 14.6. The van der Waals surface area contributed by atoms with Crippen molar-refractivity contribution in [2.45, 2.75) is 19.4 Å². The molecule has 1 amide bonds. The first-order valence-corrected chi connectivity index (χ1v) is 7.68. The van der Waals surface area contributed by atoms with Gasteiger partial charge in [0.15, 0.2) is 0 Å². The second-order valence-corrected chi connectivity index (χ2v) is 5.77. The second kappa shape index (κ2) is 5.92. The molecule has 0 spiro atoms. The molecule has 1 aliphatic heterocycles. The number of fused-ring (bicyclic) bond motifs is 1. The van der Waals surface area contributed by atoms with Crippen LogP contribution in [0, 0.1) is 5.82 Å². The molecule has 0 bridgehead atoms. The number of carbonyl (C=O) groups excluding carboxylic acids is 1. The molecule has 0 fully saturated rings. The second-order valence-electron chi connectivity index (χ2n) is 5.77. The standard InChI is InChI=1S/C17H15FN4O2/c18-13-3-1-11(2-4-13)17-20-14(10-24-17)7-16(23)22-6-5-15-12(9-22)8-19-21-15/h1-4,8,10H,5-7,9H2,(H,19,21). The molecule has 6 nitrogen and oxygen atoms in total. The van der Waals surface area contributed by atoms with Gasteiger partial charge in [-0.2, -0.15) is 5.10 Å². The summed E-state index contributed by atoms with van der Waals surface area (Å²) in [6, 6.07) is 5.89.